The van der Waals surface area contributed by atoms with Gasteiger partial charge in [-0.1, -0.05) is 0 Å². The van der Waals surface area contributed by atoms with Gasteiger partial charge in [-0.2, -0.15) is 0 Å². The maximum Gasteiger partial charge on any atom is 0.336 e. The van der Waals surface area contributed by atoms with E-state index in [1.54, 1.807) is 22.8 Å². The van der Waals surface area contributed by atoms with Crippen LogP contribution in [-0.4, -0.2) is 29.3 Å². The van der Waals surface area contributed by atoms with Crippen LogP contribution in [0.15, 0.2) is 16.8 Å². The average molecular weight is 281 g/mol. The fourth-order valence-corrected chi connectivity index (χ4v) is 3.76. The van der Waals surface area contributed by atoms with Gasteiger partial charge in [-0.05, 0) is 12.5 Å². The van der Waals surface area contributed by atoms with Crippen molar-refractivity contribution in [2.45, 2.75) is 12.3 Å². The molecule has 1 saturated heterocycles. The summed E-state index contributed by atoms with van der Waals surface area (Å²) in [6.07, 6.45) is 1.03. The molecule has 3 rings (SSSR count). The number of carboxylic acids is 1. The Balaban J connectivity index is 1.85. The standard InChI is InChI=1S/C12H11NO3S2/c14-12(15)8-3-10(17-5-8)9-6-18-11(13-9)7-1-2-16-4-7/h3,5-7H,1-2,4H2,(H,14,15). The van der Waals surface area contributed by atoms with E-state index in [1.807, 2.05) is 5.38 Å². The summed E-state index contributed by atoms with van der Waals surface area (Å²) in [4.78, 5) is 16.3. The number of thiazole rings is 1. The molecule has 1 atom stereocenters. The van der Waals surface area contributed by atoms with Crippen LogP contribution in [0, 0.1) is 0 Å². The van der Waals surface area contributed by atoms with Crippen molar-refractivity contribution in [1.82, 2.24) is 4.98 Å². The number of aromatic nitrogens is 1. The fourth-order valence-electron chi connectivity index (χ4n) is 1.90. The van der Waals surface area contributed by atoms with E-state index in [-0.39, 0.29) is 0 Å². The van der Waals surface area contributed by atoms with Crippen LogP contribution in [0.5, 0.6) is 0 Å². The Hall–Kier alpha value is -1.24. The third-order valence-electron chi connectivity index (χ3n) is 2.90. The Labute approximate surface area is 112 Å². The maximum atomic E-state index is 10.8. The quantitative estimate of drug-likeness (QED) is 0.939. The fraction of sp³-hybridized carbons (Fsp3) is 0.333. The molecule has 3 heterocycles. The van der Waals surface area contributed by atoms with Crippen LogP contribution in [0.4, 0.5) is 0 Å². The second-order valence-corrected chi connectivity index (χ2v) is 5.94. The van der Waals surface area contributed by atoms with Gasteiger partial charge >= 0.3 is 5.97 Å². The van der Waals surface area contributed by atoms with Crippen LogP contribution in [0.2, 0.25) is 0 Å². The first-order valence-corrected chi connectivity index (χ1v) is 7.35. The van der Waals surface area contributed by atoms with Crippen LogP contribution in [0.3, 0.4) is 0 Å². The molecule has 2 aromatic rings. The summed E-state index contributed by atoms with van der Waals surface area (Å²) in [6, 6.07) is 1.68. The summed E-state index contributed by atoms with van der Waals surface area (Å²) in [7, 11) is 0. The molecule has 0 aromatic carbocycles. The van der Waals surface area contributed by atoms with Gasteiger partial charge in [-0.25, -0.2) is 9.78 Å². The van der Waals surface area contributed by atoms with E-state index < -0.39 is 5.97 Å². The molecule has 1 aliphatic rings. The summed E-state index contributed by atoms with van der Waals surface area (Å²) >= 11 is 3.05. The SMILES string of the molecule is O=C(O)c1csc(-c2csc(C3CCOC3)n2)c1. The lowest BCUT2D eigenvalue weighted by Crippen LogP contribution is -1.96. The summed E-state index contributed by atoms with van der Waals surface area (Å²) in [6.45, 7) is 1.56. The van der Waals surface area contributed by atoms with Gasteiger partial charge in [0.15, 0.2) is 0 Å². The summed E-state index contributed by atoms with van der Waals surface area (Å²) in [5.74, 6) is -0.486. The number of rotatable bonds is 3. The van der Waals surface area contributed by atoms with Gasteiger partial charge in [0.25, 0.3) is 0 Å². The molecule has 6 heteroatoms. The first-order valence-electron chi connectivity index (χ1n) is 5.59. The van der Waals surface area contributed by atoms with Gasteiger partial charge in [0.05, 0.1) is 27.7 Å². The Morgan fingerprint density at radius 3 is 3.00 bits per heavy atom. The van der Waals surface area contributed by atoms with E-state index in [2.05, 4.69) is 4.98 Å². The zero-order valence-electron chi connectivity index (χ0n) is 9.46. The van der Waals surface area contributed by atoms with Crippen molar-refractivity contribution in [2.24, 2.45) is 0 Å². The molecule has 4 nitrogen and oxygen atoms in total. The predicted molar refractivity (Wildman–Crippen MR) is 70.6 cm³/mol. The minimum atomic E-state index is -0.892. The molecule has 1 N–H and O–H groups in total. The van der Waals surface area contributed by atoms with Gasteiger partial charge in [0.2, 0.25) is 0 Å². The van der Waals surface area contributed by atoms with Crippen LogP contribution in [-0.2, 0) is 4.74 Å². The number of nitrogens with zero attached hydrogens (tertiary/aromatic N) is 1. The van der Waals surface area contributed by atoms with E-state index in [1.165, 1.54) is 11.3 Å². The van der Waals surface area contributed by atoms with Crippen molar-refractivity contribution >= 4 is 28.6 Å². The average Bonchev–Trinajstić information content (AvgIpc) is 3.10. The zero-order valence-corrected chi connectivity index (χ0v) is 11.1. The molecule has 94 valence electrons. The minimum Gasteiger partial charge on any atom is -0.478 e. The van der Waals surface area contributed by atoms with Gasteiger partial charge in [0.1, 0.15) is 0 Å². The highest BCUT2D eigenvalue weighted by Crippen LogP contribution is 2.33. The highest BCUT2D eigenvalue weighted by Gasteiger charge is 2.21. The lowest BCUT2D eigenvalue weighted by Gasteiger charge is -2.00. The molecule has 0 bridgehead atoms. The van der Waals surface area contributed by atoms with Crippen LogP contribution >= 0.6 is 22.7 Å². The molecule has 2 aromatic heterocycles. The van der Waals surface area contributed by atoms with Gasteiger partial charge in [-0.3, -0.25) is 0 Å². The second kappa shape index (κ2) is 4.79. The molecule has 0 radical (unpaired) electrons. The normalized spacial score (nSPS) is 19.2. The largest absolute Gasteiger partial charge is 0.478 e. The summed E-state index contributed by atoms with van der Waals surface area (Å²) < 4.78 is 5.35. The monoisotopic (exact) mass is 281 g/mol. The molecule has 1 aliphatic heterocycles. The Morgan fingerprint density at radius 2 is 2.33 bits per heavy atom. The van der Waals surface area contributed by atoms with Crippen molar-refractivity contribution in [3.05, 3.63) is 27.4 Å². The number of carbonyl (C=O) groups is 1. The molecule has 0 saturated carbocycles. The topological polar surface area (TPSA) is 59.4 Å². The molecule has 1 fully saturated rings. The van der Waals surface area contributed by atoms with Crippen molar-refractivity contribution in [3.63, 3.8) is 0 Å². The molecule has 0 spiro atoms. The van der Waals surface area contributed by atoms with Crippen LogP contribution in [0.1, 0.15) is 27.7 Å². The second-order valence-electron chi connectivity index (χ2n) is 4.14. The van der Waals surface area contributed by atoms with Crippen molar-refractivity contribution in [2.75, 3.05) is 13.2 Å². The van der Waals surface area contributed by atoms with Crippen molar-refractivity contribution in [1.29, 1.82) is 0 Å². The van der Waals surface area contributed by atoms with E-state index in [0.29, 0.717) is 11.5 Å². The number of ether oxygens (including phenoxy) is 1. The van der Waals surface area contributed by atoms with E-state index in [4.69, 9.17) is 9.84 Å². The Kier molecular flexibility index (Phi) is 3.15. The molecule has 18 heavy (non-hydrogen) atoms. The summed E-state index contributed by atoms with van der Waals surface area (Å²) in [5, 5.41) is 13.6. The van der Waals surface area contributed by atoms with E-state index in [0.717, 1.165) is 35.2 Å². The zero-order chi connectivity index (χ0) is 12.5. The molecular weight excluding hydrogens is 270 g/mol. The highest BCUT2D eigenvalue weighted by molar-refractivity contribution is 7.14. The minimum absolute atomic E-state index is 0.328. The van der Waals surface area contributed by atoms with Gasteiger partial charge in [-0.15, -0.1) is 22.7 Å². The lowest BCUT2D eigenvalue weighted by atomic mass is 10.1. The van der Waals surface area contributed by atoms with Crippen molar-refractivity contribution in [3.8, 4) is 10.6 Å². The highest BCUT2D eigenvalue weighted by atomic mass is 32.1. The predicted octanol–water partition coefficient (Wildman–Crippen LogP) is 3.07. The molecule has 0 aliphatic carbocycles. The smallest absolute Gasteiger partial charge is 0.336 e. The maximum absolute atomic E-state index is 10.8. The third kappa shape index (κ3) is 2.19. The Bertz CT molecular complexity index is 569. The number of thiophene rings is 1. The molecule has 0 amide bonds. The van der Waals surface area contributed by atoms with Crippen molar-refractivity contribution < 1.29 is 14.6 Å². The first kappa shape index (κ1) is 11.8. The number of aromatic carboxylic acids is 1. The van der Waals surface area contributed by atoms with Crippen LogP contribution in [0.25, 0.3) is 10.6 Å². The molecular formula is C12H11NO3S2. The van der Waals surface area contributed by atoms with E-state index in [9.17, 15) is 4.79 Å². The first-order chi connectivity index (χ1) is 8.74. The number of hydrogen-bond donors (Lipinski definition) is 1. The lowest BCUT2D eigenvalue weighted by molar-refractivity contribution is 0.0697. The summed E-state index contributed by atoms with van der Waals surface area (Å²) in [5.41, 5.74) is 1.20. The third-order valence-corrected chi connectivity index (χ3v) is 4.86. The van der Waals surface area contributed by atoms with E-state index >= 15 is 0 Å². The number of carboxylic acid groups (broad SMARTS) is 1. The van der Waals surface area contributed by atoms with Gasteiger partial charge in [0, 0.05) is 23.3 Å². The Morgan fingerprint density at radius 1 is 1.44 bits per heavy atom. The van der Waals surface area contributed by atoms with Crippen LogP contribution < -0.4 is 0 Å². The molecule has 1 unspecified atom stereocenters. The number of hydrogen-bond acceptors (Lipinski definition) is 5. The van der Waals surface area contributed by atoms with Gasteiger partial charge < -0.3 is 9.84 Å².